The van der Waals surface area contributed by atoms with Crippen LogP contribution in [0.5, 0.6) is 0 Å². The highest BCUT2D eigenvalue weighted by Crippen LogP contribution is 2.44. The lowest BCUT2D eigenvalue weighted by atomic mass is 9.79. The number of halogens is 1. The van der Waals surface area contributed by atoms with E-state index < -0.39 is 11.4 Å². The molecule has 2 N–H and O–H groups in total. The standard InChI is InChI=1S/C22H24ClNO4S/c1-2-16-11-17(20(28)14-5-7-15(23)8-6-14)21(29-16)24-18(25)12-22(13-19(26)27)9-3-4-10-22/h5-8,11H,2-4,9-10,12-13H2,1H3,(H,24,25)(H,26,27). The van der Waals surface area contributed by atoms with E-state index in [0.29, 0.717) is 21.2 Å². The van der Waals surface area contributed by atoms with E-state index in [1.165, 1.54) is 11.3 Å². The molecule has 0 radical (unpaired) electrons. The van der Waals surface area contributed by atoms with E-state index in [0.717, 1.165) is 37.0 Å². The highest BCUT2D eigenvalue weighted by molar-refractivity contribution is 7.16. The summed E-state index contributed by atoms with van der Waals surface area (Å²) in [5.74, 6) is -1.28. The Morgan fingerprint density at radius 3 is 2.38 bits per heavy atom. The van der Waals surface area contributed by atoms with Crippen molar-refractivity contribution in [3.05, 3.63) is 51.4 Å². The molecule has 1 aromatic carbocycles. The molecule has 0 spiro atoms. The number of rotatable bonds is 8. The summed E-state index contributed by atoms with van der Waals surface area (Å²) in [5, 5.41) is 13.2. The number of carbonyl (C=O) groups excluding carboxylic acids is 2. The SMILES string of the molecule is CCc1cc(C(=O)c2ccc(Cl)cc2)c(NC(=O)CC2(CC(=O)O)CCCC2)s1. The van der Waals surface area contributed by atoms with E-state index in [1.54, 1.807) is 24.3 Å². The fraction of sp³-hybridized carbons (Fsp3) is 0.409. The van der Waals surface area contributed by atoms with E-state index in [2.05, 4.69) is 5.32 Å². The number of carbonyl (C=O) groups is 3. The summed E-state index contributed by atoms with van der Waals surface area (Å²) < 4.78 is 0. The number of carboxylic acids is 1. The van der Waals surface area contributed by atoms with Crippen molar-refractivity contribution < 1.29 is 19.5 Å². The van der Waals surface area contributed by atoms with Gasteiger partial charge in [-0.25, -0.2) is 0 Å². The maximum absolute atomic E-state index is 13.0. The van der Waals surface area contributed by atoms with Crippen molar-refractivity contribution in [3.8, 4) is 0 Å². The van der Waals surface area contributed by atoms with Crippen LogP contribution in [-0.4, -0.2) is 22.8 Å². The summed E-state index contributed by atoms with van der Waals surface area (Å²) in [6.07, 6.45) is 4.29. The molecule has 3 rings (SSSR count). The highest BCUT2D eigenvalue weighted by atomic mass is 35.5. The Hall–Kier alpha value is -2.18. The molecule has 1 fully saturated rings. The first-order chi connectivity index (χ1) is 13.8. The lowest BCUT2D eigenvalue weighted by Crippen LogP contribution is -2.27. The molecule has 1 saturated carbocycles. The number of ketones is 1. The Balaban J connectivity index is 1.80. The molecule has 29 heavy (non-hydrogen) atoms. The zero-order chi connectivity index (χ0) is 21.0. The van der Waals surface area contributed by atoms with E-state index in [9.17, 15) is 19.5 Å². The van der Waals surface area contributed by atoms with Crippen LogP contribution >= 0.6 is 22.9 Å². The summed E-state index contributed by atoms with van der Waals surface area (Å²) in [7, 11) is 0. The van der Waals surface area contributed by atoms with Gasteiger partial charge in [0.25, 0.3) is 0 Å². The molecule has 5 nitrogen and oxygen atoms in total. The Morgan fingerprint density at radius 1 is 1.14 bits per heavy atom. The van der Waals surface area contributed by atoms with Crippen molar-refractivity contribution in [1.29, 1.82) is 0 Å². The molecule has 7 heteroatoms. The molecule has 154 valence electrons. The molecule has 1 aromatic heterocycles. The number of carboxylic acid groups (broad SMARTS) is 1. The van der Waals surface area contributed by atoms with Gasteiger partial charge >= 0.3 is 5.97 Å². The van der Waals surface area contributed by atoms with Crippen LogP contribution in [0.2, 0.25) is 5.02 Å². The third-order valence-corrected chi connectivity index (χ3v) is 6.91. The fourth-order valence-electron chi connectivity index (χ4n) is 4.01. The first-order valence-corrected chi connectivity index (χ1v) is 11.0. The molecular weight excluding hydrogens is 410 g/mol. The van der Waals surface area contributed by atoms with Crippen molar-refractivity contribution in [1.82, 2.24) is 0 Å². The summed E-state index contributed by atoms with van der Waals surface area (Å²) in [6.45, 7) is 1.99. The van der Waals surface area contributed by atoms with Gasteiger partial charge in [-0.2, -0.15) is 0 Å². The lowest BCUT2D eigenvalue weighted by molar-refractivity contribution is -0.140. The van der Waals surface area contributed by atoms with Gasteiger partial charge in [0.05, 0.1) is 12.0 Å². The van der Waals surface area contributed by atoms with Crippen LogP contribution in [0, 0.1) is 5.41 Å². The zero-order valence-electron chi connectivity index (χ0n) is 16.3. The molecule has 0 atom stereocenters. The topological polar surface area (TPSA) is 83.5 Å². The van der Waals surface area contributed by atoms with E-state index >= 15 is 0 Å². The number of aliphatic carboxylic acids is 1. The number of hydrogen-bond acceptors (Lipinski definition) is 4. The molecule has 0 unspecified atom stereocenters. The van der Waals surface area contributed by atoms with Crippen LogP contribution in [0.4, 0.5) is 5.00 Å². The highest BCUT2D eigenvalue weighted by Gasteiger charge is 2.38. The number of anilines is 1. The van der Waals surface area contributed by atoms with Crippen molar-refractivity contribution in [2.75, 3.05) is 5.32 Å². The van der Waals surface area contributed by atoms with Crippen molar-refractivity contribution >= 4 is 45.6 Å². The van der Waals surface area contributed by atoms with Gasteiger partial charge in [0, 0.05) is 21.9 Å². The van der Waals surface area contributed by atoms with Crippen LogP contribution in [-0.2, 0) is 16.0 Å². The number of aryl methyl sites for hydroxylation is 1. The van der Waals surface area contributed by atoms with Gasteiger partial charge in [-0.3, -0.25) is 14.4 Å². The van der Waals surface area contributed by atoms with Gasteiger partial charge in [0.2, 0.25) is 5.91 Å². The molecule has 0 bridgehead atoms. The van der Waals surface area contributed by atoms with Crippen LogP contribution in [0.25, 0.3) is 0 Å². The molecule has 1 heterocycles. The quantitative estimate of drug-likeness (QED) is 0.534. The first-order valence-electron chi connectivity index (χ1n) is 9.76. The predicted octanol–water partition coefficient (Wildman–Crippen LogP) is 5.56. The second-order valence-corrected chi connectivity index (χ2v) is 9.22. The number of thiophene rings is 1. The van der Waals surface area contributed by atoms with Crippen LogP contribution < -0.4 is 5.32 Å². The van der Waals surface area contributed by atoms with Crippen molar-refractivity contribution in [2.24, 2.45) is 5.41 Å². The minimum absolute atomic E-state index is 0.00162. The van der Waals surface area contributed by atoms with Gasteiger partial charge in [-0.15, -0.1) is 11.3 Å². The minimum atomic E-state index is -0.873. The maximum atomic E-state index is 13.0. The van der Waals surface area contributed by atoms with Gasteiger partial charge in [-0.05, 0) is 55.0 Å². The molecule has 1 amide bonds. The van der Waals surface area contributed by atoms with Gasteiger partial charge < -0.3 is 10.4 Å². The second kappa shape index (κ2) is 9.09. The summed E-state index contributed by atoms with van der Waals surface area (Å²) in [6, 6.07) is 8.48. The molecule has 1 aliphatic carbocycles. The summed E-state index contributed by atoms with van der Waals surface area (Å²) >= 11 is 7.30. The predicted molar refractivity (Wildman–Crippen MR) is 115 cm³/mol. The normalized spacial score (nSPS) is 15.2. The third kappa shape index (κ3) is 5.25. The van der Waals surface area contributed by atoms with Crippen LogP contribution in [0.15, 0.2) is 30.3 Å². The third-order valence-electron chi connectivity index (χ3n) is 5.46. The number of hydrogen-bond donors (Lipinski definition) is 2. The fourth-order valence-corrected chi connectivity index (χ4v) is 5.14. The van der Waals surface area contributed by atoms with Crippen molar-refractivity contribution in [2.45, 2.75) is 51.9 Å². The Bertz CT molecular complexity index is 913. The van der Waals surface area contributed by atoms with Gasteiger partial charge in [0.1, 0.15) is 5.00 Å². The second-order valence-electron chi connectivity index (χ2n) is 7.65. The first kappa shape index (κ1) is 21.5. The Kier molecular flexibility index (Phi) is 6.75. The zero-order valence-corrected chi connectivity index (χ0v) is 17.9. The minimum Gasteiger partial charge on any atom is -0.481 e. The maximum Gasteiger partial charge on any atom is 0.303 e. The Labute approximate surface area is 179 Å². The number of nitrogens with one attached hydrogen (secondary N) is 1. The average molecular weight is 434 g/mol. The molecular formula is C22H24ClNO4S. The lowest BCUT2D eigenvalue weighted by Gasteiger charge is -2.26. The number of amides is 1. The molecule has 1 aliphatic rings. The van der Waals surface area contributed by atoms with E-state index in [1.807, 2.05) is 13.0 Å². The van der Waals surface area contributed by atoms with E-state index in [4.69, 9.17) is 11.6 Å². The van der Waals surface area contributed by atoms with Crippen LogP contribution in [0.3, 0.4) is 0 Å². The van der Waals surface area contributed by atoms with E-state index in [-0.39, 0.29) is 24.5 Å². The molecule has 2 aromatic rings. The molecule has 0 aliphatic heterocycles. The average Bonchev–Trinajstić information content (AvgIpc) is 3.28. The van der Waals surface area contributed by atoms with Gasteiger partial charge in [-0.1, -0.05) is 31.4 Å². The monoisotopic (exact) mass is 433 g/mol. The summed E-state index contributed by atoms with van der Waals surface area (Å²) in [5.41, 5.74) is 0.478. The van der Waals surface area contributed by atoms with Crippen LogP contribution in [0.1, 0.15) is 66.2 Å². The molecule has 0 saturated heterocycles. The number of benzene rings is 1. The van der Waals surface area contributed by atoms with Gasteiger partial charge in [0.15, 0.2) is 5.78 Å². The smallest absolute Gasteiger partial charge is 0.303 e. The largest absolute Gasteiger partial charge is 0.481 e. The Morgan fingerprint density at radius 2 is 1.79 bits per heavy atom. The van der Waals surface area contributed by atoms with Crippen molar-refractivity contribution in [3.63, 3.8) is 0 Å². The summed E-state index contributed by atoms with van der Waals surface area (Å²) in [4.78, 5) is 38.0.